The minimum atomic E-state index is -0.553. The second kappa shape index (κ2) is 8.10. The van der Waals surface area contributed by atoms with Crippen molar-refractivity contribution in [3.8, 4) is 0 Å². The van der Waals surface area contributed by atoms with Crippen LogP contribution >= 0.6 is 27.5 Å². The molecule has 27 heavy (non-hydrogen) atoms. The van der Waals surface area contributed by atoms with Gasteiger partial charge in [0.2, 0.25) is 11.8 Å². The lowest BCUT2D eigenvalue weighted by atomic mass is 10.1. The predicted molar refractivity (Wildman–Crippen MR) is 106 cm³/mol. The first kappa shape index (κ1) is 19.4. The smallest absolute Gasteiger partial charge is 0.269 e. The van der Waals surface area contributed by atoms with Gasteiger partial charge in [-0.25, -0.2) is 0 Å². The van der Waals surface area contributed by atoms with E-state index in [1.165, 1.54) is 4.90 Å². The molecule has 1 heterocycles. The van der Waals surface area contributed by atoms with Gasteiger partial charge in [0.1, 0.15) is 0 Å². The highest BCUT2D eigenvalue weighted by molar-refractivity contribution is 9.10. The summed E-state index contributed by atoms with van der Waals surface area (Å²) >= 11 is 9.42. The van der Waals surface area contributed by atoms with Crippen LogP contribution in [0.3, 0.4) is 0 Å². The molecule has 0 aromatic heterocycles. The Labute approximate surface area is 170 Å². The first-order valence-corrected chi connectivity index (χ1v) is 9.44. The molecule has 2 aromatic carbocycles. The molecule has 0 saturated carbocycles. The van der Waals surface area contributed by atoms with E-state index in [1.807, 2.05) is 13.0 Å². The number of amides is 3. The summed E-state index contributed by atoms with van der Waals surface area (Å²) in [5.41, 5.74) is 6.76. The number of nitrogens with zero attached hydrogens (tertiary/aromatic N) is 1. The molecule has 1 aliphatic heterocycles. The highest BCUT2D eigenvalue weighted by Gasteiger charge is 2.35. The number of carbonyl (C=O) groups is 3. The van der Waals surface area contributed by atoms with Gasteiger partial charge < -0.3 is 4.90 Å². The third-order valence-corrected chi connectivity index (χ3v) is 5.30. The first-order chi connectivity index (χ1) is 12.8. The molecule has 3 amide bonds. The molecule has 6 nitrogen and oxygen atoms in total. The van der Waals surface area contributed by atoms with Gasteiger partial charge in [-0.05, 0) is 48.9 Å². The first-order valence-electron chi connectivity index (χ1n) is 8.27. The van der Waals surface area contributed by atoms with Crippen molar-refractivity contribution in [1.82, 2.24) is 10.9 Å². The molecule has 2 N–H and O–H groups in total. The number of carbonyl (C=O) groups excluding carboxylic acids is 3. The van der Waals surface area contributed by atoms with E-state index in [1.54, 1.807) is 36.4 Å². The highest BCUT2D eigenvalue weighted by atomic mass is 79.9. The van der Waals surface area contributed by atoms with Crippen LogP contribution in [0.5, 0.6) is 0 Å². The zero-order valence-corrected chi connectivity index (χ0v) is 16.8. The Kier molecular flexibility index (Phi) is 5.82. The fourth-order valence-corrected chi connectivity index (χ4v) is 3.22. The maximum atomic E-state index is 12.3. The lowest BCUT2D eigenvalue weighted by Gasteiger charge is -2.17. The Balaban J connectivity index is 1.59. The monoisotopic (exact) mass is 449 g/mol. The van der Waals surface area contributed by atoms with E-state index in [4.69, 9.17) is 11.6 Å². The van der Waals surface area contributed by atoms with Crippen LogP contribution in [0.4, 0.5) is 5.69 Å². The number of benzene rings is 2. The summed E-state index contributed by atoms with van der Waals surface area (Å²) in [7, 11) is 0. The number of aryl methyl sites for hydroxylation is 1. The van der Waals surface area contributed by atoms with Crippen molar-refractivity contribution in [2.45, 2.75) is 13.3 Å². The average molecular weight is 451 g/mol. The van der Waals surface area contributed by atoms with Crippen LogP contribution < -0.4 is 15.8 Å². The van der Waals surface area contributed by atoms with E-state index in [9.17, 15) is 14.4 Å². The van der Waals surface area contributed by atoms with Crippen molar-refractivity contribution in [3.63, 3.8) is 0 Å². The zero-order valence-electron chi connectivity index (χ0n) is 14.5. The Hall–Kier alpha value is -2.38. The van der Waals surface area contributed by atoms with E-state index in [0.29, 0.717) is 16.3 Å². The molecule has 0 radical (unpaired) electrons. The van der Waals surface area contributed by atoms with Crippen molar-refractivity contribution >= 4 is 50.9 Å². The maximum Gasteiger partial charge on any atom is 0.269 e. The minimum absolute atomic E-state index is 0.0749. The normalized spacial score (nSPS) is 16.3. The molecule has 1 unspecified atom stereocenters. The summed E-state index contributed by atoms with van der Waals surface area (Å²) < 4.78 is 0.851. The fraction of sp³-hybridized carbons (Fsp3) is 0.211. The van der Waals surface area contributed by atoms with E-state index in [2.05, 4.69) is 26.8 Å². The van der Waals surface area contributed by atoms with Gasteiger partial charge in [0.15, 0.2) is 0 Å². The van der Waals surface area contributed by atoms with Crippen LogP contribution in [0.25, 0.3) is 0 Å². The quantitative estimate of drug-likeness (QED) is 0.705. The molecule has 140 valence electrons. The third kappa shape index (κ3) is 4.48. The second-order valence-corrected chi connectivity index (χ2v) is 7.61. The summed E-state index contributed by atoms with van der Waals surface area (Å²) in [5.74, 6) is -1.55. The van der Waals surface area contributed by atoms with Crippen molar-refractivity contribution < 1.29 is 14.4 Å². The van der Waals surface area contributed by atoms with Crippen LogP contribution in [0.15, 0.2) is 46.9 Å². The minimum Gasteiger partial charge on any atom is -0.312 e. The number of hydrazine groups is 1. The number of anilines is 1. The van der Waals surface area contributed by atoms with E-state index in [-0.39, 0.29) is 18.9 Å². The topological polar surface area (TPSA) is 78.5 Å². The zero-order chi connectivity index (χ0) is 19.6. The second-order valence-electron chi connectivity index (χ2n) is 6.29. The molecule has 3 rings (SSSR count). The van der Waals surface area contributed by atoms with Gasteiger partial charge in [0.05, 0.1) is 5.92 Å². The van der Waals surface area contributed by atoms with E-state index in [0.717, 1.165) is 10.0 Å². The summed E-state index contributed by atoms with van der Waals surface area (Å²) in [6.45, 7) is 2.11. The standard InChI is InChI=1S/C19H17BrClN3O3/c1-11-2-7-15(9-16(11)21)24-10-13(8-17(24)25)19(27)23-22-18(26)12-3-5-14(20)6-4-12/h2-7,9,13H,8,10H2,1H3,(H,22,26)(H,23,27). The predicted octanol–water partition coefficient (Wildman–Crippen LogP) is 3.23. The molecule has 0 aliphatic carbocycles. The van der Waals surface area contributed by atoms with Gasteiger partial charge in [-0.3, -0.25) is 25.2 Å². The summed E-state index contributed by atoms with van der Waals surface area (Å²) in [6.07, 6.45) is 0.0749. The van der Waals surface area contributed by atoms with E-state index >= 15 is 0 Å². The molecule has 0 bridgehead atoms. The summed E-state index contributed by atoms with van der Waals surface area (Å²) in [4.78, 5) is 38.2. The molecule has 2 aromatic rings. The molecule has 0 spiro atoms. The highest BCUT2D eigenvalue weighted by Crippen LogP contribution is 2.28. The SMILES string of the molecule is Cc1ccc(N2CC(C(=O)NNC(=O)c3ccc(Br)cc3)CC2=O)cc1Cl. The number of hydrogen-bond donors (Lipinski definition) is 2. The molecule has 1 aliphatic rings. The van der Waals surface area contributed by atoms with Crippen molar-refractivity contribution in [2.75, 3.05) is 11.4 Å². The van der Waals surface area contributed by atoms with Crippen molar-refractivity contribution in [2.24, 2.45) is 5.92 Å². The van der Waals surface area contributed by atoms with Gasteiger partial charge in [-0.15, -0.1) is 0 Å². The number of rotatable bonds is 3. The lowest BCUT2D eigenvalue weighted by molar-refractivity contribution is -0.126. The van der Waals surface area contributed by atoms with Crippen LogP contribution in [0.1, 0.15) is 22.3 Å². The van der Waals surface area contributed by atoms with Crippen molar-refractivity contribution in [3.05, 3.63) is 63.1 Å². The molecule has 1 atom stereocenters. The number of nitrogens with one attached hydrogen (secondary N) is 2. The summed E-state index contributed by atoms with van der Waals surface area (Å²) in [6, 6.07) is 12.1. The average Bonchev–Trinajstić information content (AvgIpc) is 3.04. The molecule has 8 heteroatoms. The fourth-order valence-electron chi connectivity index (χ4n) is 2.78. The number of halogens is 2. The molecular weight excluding hydrogens is 434 g/mol. The Bertz CT molecular complexity index is 902. The van der Waals surface area contributed by atoms with Crippen LogP contribution in [0.2, 0.25) is 5.02 Å². The Morgan fingerprint density at radius 2 is 1.85 bits per heavy atom. The van der Waals surface area contributed by atoms with Gasteiger partial charge in [0, 0.05) is 33.7 Å². The molecular formula is C19H17BrClN3O3. The van der Waals surface area contributed by atoms with Gasteiger partial charge in [-0.1, -0.05) is 33.6 Å². The van der Waals surface area contributed by atoms with Crippen LogP contribution in [-0.4, -0.2) is 24.3 Å². The number of hydrogen-bond acceptors (Lipinski definition) is 3. The van der Waals surface area contributed by atoms with Crippen LogP contribution in [-0.2, 0) is 9.59 Å². The maximum absolute atomic E-state index is 12.3. The molecule has 1 fully saturated rings. The van der Waals surface area contributed by atoms with Gasteiger partial charge in [-0.2, -0.15) is 0 Å². The Morgan fingerprint density at radius 1 is 1.15 bits per heavy atom. The Morgan fingerprint density at radius 3 is 2.52 bits per heavy atom. The van der Waals surface area contributed by atoms with Crippen molar-refractivity contribution in [1.29, 1.82) is 0 Å². The van der Waals surface area contributed by atoms with Gasteiger partial charge >= 0.3 is 0 Å². The molecule has 1 saturated heterocycles. The van der Waals surface area contributed by atoms with Gasteiger partial charge in [0.25, 0.3) is 5.91 Å². The summed E-state index contributed by atoms with van der Waals surface area (Å²) in [5, 5.41) is 0.565. The van der Waals surface area contributed by atoms with Crippen LogP contribution in [0, 0.1) is 12.8 Å². The lowest BCUT2D eigenvalue weighted by Crippen LogP contribution is -2.45. The third-order valence-electron chi connectivity index (χ3n) is 4.37. The largest absolute Gasteiger partial charge is 0.312 e. The van der Waals surface area contributed by atoms with E-state index < -0.39 is 17.7 Å².